The van der Waals surface area contributed by atoms with Gasteiger partial charge in [0.2, 0.25) is 0 Å². The fourth-order valence-electron chi connectivity index (χ4n) is 3.03. The summed E-state index contributed by atoms with van der Waals surface area (Å²) >= 11 is 0. The van der Waals surface area contributed by atoms with E-state index in [9.17, 15) is 4.79 Å². The second-order valence-corrected chi connectivity index (χ2v) is 6.33. The number of anilines is 2. The minimum Gasteiger partial charge on any atom is -0.497 e. The molecule has 1 aliphatic rings. The lowest BCUT2D eigenvalue weighted by Gasteiger charge is -2.36. The molecule has 0 unspecified atom stereocenters. The molecule has 6 heteroatoms. The summed E-state index contributed by atoms with van der Waals surface area (Å²) in [5, 5.41) is 2.87. The minimum atomic E-state index is -0.0600. The van der Waals surface area contributed by atoms with Gasteiger partial charge in [0.1, 0.15) is 11.6 Å². The highest BCUT2D eigenvalue weighted by Crippen LogP contribution is 2.22. The number of nitrogens with zero attached hydrogens (tertiary/aromatic N) is 3. The predicted octanol–water partition coefficient (Wildman–Crippen LogP) is 2.56. The molecule has 2 heterocycles. The van der Waals surface area contributed by atoms with Gasteiger partial charge in [-0.25, -0.2) is 4.98 Å². The van der Waals surface area contributed by atoms with Gasteiger partial charge in [0.15, 0.2) is 0 Å². The molecule has 0 radical (unpaired) electrons. The molecule has 0 saturated carbocycles. The van der Waals surface area contributed by atoms with E-state index in [1.807, 2.05) is 31.2 Å². The highest BCUT2D eigenvalue weighted by atomic mass is 16.5. The zero-order chi connectivity index (χ0) is 18.4. The molecule has 1 saturated heterocycles. The van der Waals surface area contributed by atoms with Crippen LogP contribution in [0.25, 0.3) is 0 Å². The zero-order valence-electron chi connectivity index (χ0n) is 15.4. The number of methoxy groups -OCH3 is 1. The van der Waals surface area contributed by atoms with Gasteiger partial charge in [0, 0.05) is 44.6 Å². The van der Waals surface area contributed by atoms with Crippen LogP contribution in [0.15, 0.2) is 42.6 Å². The molecule has 6 nitrogen and oxygen atoms in total. The van der Waals surface area contributed by atoms with Gasteiger partial charge in [-0.15, -0.1) is 0 Å². The predicted molar refractivity (Wildman–Crippen MR) is 104 cm³/mol. The maximum Gasteiger partial charge on any atom is 0.252 e. The highest BCUT2D eigenvalue weighted by Gasteiger charge is 2.18. The Morgan fingerprint density at radius 1 is 1.08 bits per heavy atom. The van der Waals surface area contributed by atoms with Crippen LogP contribution >= 0.6 is 0 Å². The molecule has 1 N–H and O–H groups in total. The molecule has 1 aromatic carbocycles. The number of benzene rings is 1. The molecule has 138 valence electrons. The lowest BCUT2D eigenvalue weighted by molar-refractivity contribution is 0.0953. The highest BCUT2D eigenvalue weighted by molar-refractivity contribution is 5.94. The van der Waals surface area contributed by atoms with Crippen LogP contribution in [0.4, 0.5) is 11.5 Å². The summed E-state index contributed by atoms with van der Waals surface area (Å²) in [4.78, 5) is 21.1. The number of pyridine rings is 1. The Balaban J connectivity index is 1.56. The monoisotopic (exact) mass is 354 g/mol. The van der Waals surface area contributed by atoms with Crippen LogP contribution in [0.5, 0.6) is 5.75 Å². The average molecular weight is 354 g/mol. The van der Waals surface area contributed by atoms with E-state index in [-0.39, 0.29) is 5.91 Å². The topological polar surface area (TPSA) is 57.7 Å². The van der Waals surface area contributed by atoms with Crippen molar-refractivity contribution in [1.29, 1.82) is 0 Å². The summed E-state index contributed by atoms with van der Waals surface area (Å²) in [6.45, 7) is 6.40. The van der Waals surface area contributed by atoms with Gasteiger partial charge in [0.05, 0.1) is 12.7 Å². The Labute approximate surface area is 154 Å². The first kappa shape index (κ1) is 18.0. The third-order valence-corrected chi connectivity index (χ3v) is 4.59. The summed E-state index contributed by atoms with van der Waals surface area (Å²) in [5.74, 6) is 1.74. The van der Waals surface area contributed by atoms with E-state index < -0.39 is 0 Å². The van der Waals surface area contributed by atoms with Crippen LogP contribution in [0.3, 0.4) is 0 Å². The van der Waals surface area contributed by atoms with Crippen molar-refractivity contribution < 1.29 is 9.53 Å². The first-order valence-electron chi connectivity index (χ1n) is 9.09. The number of carbonyl (C=O) groups excluding carboxylic acids is 1. The Morgan fingerprint density at radius 3 is 2.35 bits per heavy atom. The van der Waals surface area contributed by atoms with Gasteiger partial charge >= 0.3 is 0 Å². The molecule has 1 fully saturated rings. The third-order valence-electron chi connectivity index (χ3n) is 4.59. The molecule has 0 aliphatic carbocycles. The van der Waals surface area contributed by atoms with Crippen LogP contribution in [-0.2, 0) is 0 Å². The van der Waals surface area contributed by atoms with Crippen LogP contribution in [-0.4, -0.2) is 50.7 Å². The number of ether oxygens (including phenoxy) is 1. The lowest BCUT2D eigenvalue weighted by atomic mass is 10.2. The van der Waals surface area contributed by atoms with E-state index in [2.05, 4.69) is 32.2 Å². The first-order valence-corrected chi connectivity index (χ1v) is 9.09. The molecule has 0 bridgehead atoms. The van der Waals surface area contributed by atoms with E-state index in [4.69, 9.17) is 4.74 Å². The molecule has 1 amide bonds. The number of hydrogen-bond acceptors (Lipinski definition) is 5. The number of piperazine rings is 1. The summed E-state index contributed by atoms with van der Waals surface area (Å²) in [6, 6.07) is 12.0. The maximum absolute atomic E-state index is 12.0. The molecule has 2 aromatic rings. The number of nitrogens with one attached hydrogen (secondary N) is 1. The molecule has 3 rings (SSSR count). The van der Waals surface area contributed by atoms with E-state index in [1.165, 1.54) is 5.69 Å². The maximum atomic E-state index is 12.0. The fraction of sp³-hybridized carbons (Fsp3) is 0.400. The molecule has 0 spiro atoms. The van der Waals surface area contributed by atoms with Gasteiger partial charge in [-0.2, -0.15) is 0 Å². The first-order chi connectivity index (χ1) is 12.7. The average Bonchev–Trinajstić information content (AvgIpc) is 2.72. The van der Waals surface area contributed by atoms with Gasteiger partial charge < -0.3 is 19.9 Å². The largest absolute Gasteiger partial charge is 0.497 e. The standard InChI is InChI=1S/C20H26N4O2/c1-3-10-21-20(25)16-4-9-19(22-15-16)24-13-11-23(12-14-24)17-5-7-18(26-2)8-6-17/h4-9,15H,3,10-14H2,1-2H3,(H,21,25). The molecular weight excluding hydrogens is 328 g/mol. The number of hydrogen-bond donors (Lipinski definition) is 1. The summed E-state index contributed by atoms with van der Waals surface area (Å²) in [5.41, 5.74) is 1.82. The lowest BCUT2D eigenvalue weighted by Crippen LogP contribution is -2.46. The van der Waals surface area contributed by atoms with Gasteiger partial charge in [-0.1, -0.05) is 6.92 Å². The van der Waals surface area contributed by atoms with Crippen LogP contribution in [0, 0.1) is 0 Å². The van der Waals surface area contributed by atoms with Crippen molar-refractivity contribution in [2.75, 3.05) is 49.6 Å². The number of rotatable bonds is 6. The Kier molecular flexibility index (Phi) is 5.94. The number of amides is 1. The summed E-state index contributed by atoms with van der Waals surface area (Å²) in [7, 11) is 1.68. The number of carbonyl (C=O) groups is 1. The van der Waals surface area contributed by atoms with Crippen molar-refractivity contribution >= 4 is 17.4 Å². The van der Waals surface area contributed by atoms with Gasteiger partial charge in [-0.3, -0.25) is 4.79 Å². The third kappa shape index (κ3) is 4.25. The molecule has 0 atom stereocenters. The fourth-order valence-corrected chi connectivity index (χ4v) is 3.03. The van der Waals surface area contributed by atoms with E-state index in [0.29, 0.717) is 12.1 Å². The van der Waals surface area contributed by atoms with Crippen LogP contribution in [0.2, 0.25) is 0 Å². The van der Waals surface area contributed by atoms with E-state index >= 15 is 0 Å². The Hall–Kier alpha value is -2.76. The Morgan fingerprint density at radius 2 is 1.77 bits per heavy atom. The van der Waals surface area contributed by atoms with Gasteiger partial charge in [0.25, 0.3) is 5.91 Å². The van der Waals surface area contributed by atoms with E-state index in [0.717, 1.165) is 44.2 Å². The van der Waals surface area contributed by atoms with E-state index in [1.54, 1.807) is 13.3 Å². The van der Waals surface area contributed by atoms with Crippen LogP contribution < -0.4 is 19.9 Å². The smallest absolute Gasteiger partial charge is 0.252 e. The van der Waals surface area contributed by atoms with Crippen molar-refractivity contribution in [3.63, 3.8) is 0 Å². The van der Waals surface area contributed by atoms with Gasteiger partial charge in [-0.05, 0) is 42.8 Å². The SMILES string of the molecule is CCCNC(=O)c1ccc(N2CCN(c3ccc(OC)cc3)CC2)nc1. The minimum absolute atomic E-state index is 0.0600. The molecule has 1 aromatic heterocycles. The van der Waals surface area contributed by atoms with Crippen molar-refractivity contribution in [2.45, 2.75) is 13.3 Å². The van der Waals surface area contributed by atoms with Crippen molar-refractivity contribution in [3.8, 4) is 5.75 Å². The van der Waals surface area contributed by atoms with Crippen molar-refractivity contribution in [3.05, 3.63) is 48.2 Å². The summed E-state index contributed by atoms with van der Waals surface area (Å²) < 4.78 is 5.22. The zero-order valence-corrected chi connectivity index (χ0v) is 15.4. The van der Waals surface area contributed by atoms with Crippen molar-refractivity contribution in [2.24, 2.45) is 0 Å². The molecule has 26 heavy (non-hydrogen) atoms. The normalized spacial score (nSPS) is 14.2. The van der Waals surface area contributed by atoms with Crippen molar-refractivity contribution in [1.82, 2.24) is 10.3 Å². The molecular formula is C20H26N4O2. The van der Waals surface area contributed by atoms with Crippen LogP contribution in [0.1, 0.15) is 23.7 Å². The Bertz CT molecular complexity index is 708. The number of aromatic nitrogens is 1. The summed E-state index contributed by atoms with van der Waals surface area (Å²) in [6.07, 6.45) is 2.59. The second kappa shape index (κ2) is 8.56. The second-order valence-electron chi connectivity index (χ2n) is 6.33. The molecule has 1 aliphatic heterocycles. The quantitative estimate of drug-likeness (QED) is 0.864.